The molecule has 0 amide bonds. The smallest absolute Gasteiger partial charge is 0.407 e. The van der Waals surface area contributed by atoms with Crippen molar-refractivity contribution in [1.29, 1.82) is 0 Å². The fraction of sp³-hybridized carbons (Fsp3) is 0.571. The van der Waals surface area contributed by atoms with Crippen LogP contribution >= 0.6 is 12.4 Å². The van der Waals surface area contributed by atoms with Gasteiger partial charge in [0.25, 0.3) is 0 Å². The first kappa shape index (κ1) is 19.1. The molecule has 0 aromatic heterocycles. The van der Waals surface area contributed by atoms with Crippen LogP contribution in [0.15, 0.2) is 24.3 Å². The average Bonchev–Trinajstić information content (AvgIpc) is 2.35. The Hall–Kier alpha value is -0.940. The third-order valence-electron chi connectivity index (χ3n) is 2.91. The molecule has 0 aliphatic heterocycles. The topological polar surface area (TPSA) is 35.2 Å². The highest BCUT2D eigenvalue weighted by molar-refractivity contribution is 5.85. The van der Waals surface area contributed by atoms with E-state index in [4.69, 9.17) is 10.5 Å². The number of benzene rings is 1. The summed E-state index contributed by atoms with van der Waals surface area (Å²) in [4.78, 5) is 0. The molecule has 2 atom stereocenters. The standard InChI is InChI=1S/C14H20F3NO.ClH/c1-3-4-10(2)9-19-12-7-5-11(6-8-12)13(18)14(15,16)17;/h5-8,10,13H,3-4,9,18H2,1-2H3;1H. The third kappa shape index (κ3) is 6.01. The Morgan fingerprint density at radius 3 is 2.20 bits per heavy atom. The Bertz CT molecular complexity index is 381. The van der Waals surface area contributed by atoms with E-state index >= 15 is 0 Å². The zero-order valence-electron chi connectivity index (χ0n) is 11.6. The van der Waals surface area contributed by atoms with Crippen molar-refractivity contribution in [2.75, 3.05) is 6.61 Å². The van der Waals surface area contributed by atoms with Gasteiger partial charge < -0.3 is 10.5 Å². The van der Waals surface area contributed by atoms with Crippen molar-refractivity contribution in [3.05, 3.63) is 29.8 Å². The van der Waals surface area contributed by atoms with Crippen molar-refractivity contribution in [1.82, 2.24) is 0 Å². The molecule has 2 unspecified atom stereocenters. The summed E-state index contributed by atoms with van der Waals surface area (Å²) in [6.07, 6.45) is -2.26. The van der Waals surface area contributed by atoms with Gasteiger partial charge in [0.2, 0.25) is 0 Å². The SMILES string of the molecule is CCCC(C)COc1ccc(C(N)C(F)(F)F)cc1.Cl. The number of hydrogen-bond acceptors (Lipinski definition) is 2. The van der Waals surface area contributed by atoms with Crippen LogP contribution in [0.5, 0.6) is 5.75 Å². The van der Waals surface area contributed by atoms with Gasteiger partial charge in [-0.15, -0.1) is 12.4 Å². The van der Waals surface area contributed by atoms with Crippen LogP contribution in [0.4, 0.5) is 13.2 Å². The summed E-state index contributed by atoms with van der Waals surface area (Å²) in [5.74, 6) is 1.00. The lowest BCUT2D eigenvalue weighted by molar-refractivity contribution is -0.149. The normalized spacial score (nSPS) is 14.3. The molecule has 6 heteroatoms. The van der Waals surface area contributed by atoms with Gasteiger partial charge in [-0.25, -0.2) is 0 Å². The van der Waals surface area contributed by atoms with Crippen LogP contribution in [0, 0.1) is 5.92 Å². The molecule has 1 rings (SSSR count). The molecule has 0 saturated carbocycles. The van der Waals surface area contributed by atoms with Gasteiger partial charge in [0.05, 0.1) is 6.61 Å². The maximum atomic E-state index is 12.4. The summed E-state index contributed by atoms with van der Waals surface area (Å²) in [5, 5.41) is 0. The number of alkyl halides is 3. The summed E-state index contributed by atoms with van der Waals surface area (Å²) in [6, 6.07) is 3.83. The second-order valence-corrected chi connectivity index (χ2v) is 4.79. The Morgan fingerprint density at radius 2 is 1.75 bits per heavy atom. The van der Waals surface area contributed by atoms with Gasteiger partial charge in [-0.2, -0.15) is 13.2 Å². The van der Waals surface area contributed by atoms with Crippen LogP contribution in [-0.4, -0.2) is 12.8 Å². The van der Waals surface area contributed by atoms with E-state index in [9.17, 15) is 13.2 Å². The minimum absolute atomic E-state index is 0. The highest BCUT2D eigenvalue weighted by Crippen LogP contribution is 2.31. The van der Waals surface area contributed by atoms with Crippen molar-refractivity contribution in [2.24, 2.45) is 11.7 Å². The number of hydrogen-bond donors (Lipinski definition) is 1. The summed E-state index contributed by atoms with van der Waals surface area (Å²) in [5.41, 5.74) is 5.16. The first-order valence-corrected chi connectivity index (χ1v) is 6.39. The van der Waals surface area contributed by atoms with Crippen molar-refractivity contribution >= 4 is 12.4 Å². The van der Waals surface area contributed by atoms with E-state index in [0.29, 0.717) is 18.3 Å². The number of ether oxygens (including phenoxy) is 1. The van der Waals surface area contributed by atoms with E-state index in [1.165, 1.54) is 24.3 Å². The van der Waals surface area contributed by atoms with Crippen molar-refractivity contribution in [2.45, 2.75) is 38.9 Å². The van der Waals surface area contributed by atoms with Crippen LogP contribution in [0.3, 0.4) is 0 Å². The fourth-order valence-corrected chi connectivity index (χ4v) is 1.77. The fourth-order valence-electron chi connectivity index (χ4n) is 1.77. The van der Waals surface area contributed by atoms with Crippen LogP contribution in [0.1, 0.15) is 38.3 Å². The van der Waals surface area contributed by atoms with E-state index in [2.05, 4.69) is 13.8 Å². The Labute approximate surface area is 123 Å². The van der Waals surface area contributed by atoms with Gasteiger partial charge >= 0.3 is 6.18 Å². The lowest BCUT2D eigenvalue weighted by Gasteiger charge is -2.16. The second kappa shape index (κ2) is 8.37. The van der Waals surface area contributed by atoms with Gasteiger partial charge in [0.1, 0.15) is 11.8 Å². The van der Waals surface area contributed by atoms with Crippen molar-refractivity contribution in [3.63, 3.8) is 0 Å². The van der Waals surface area contributed by atoms with Gasteiger partial charge in [-0.3, -0.25) is 0 Å². The highest BCUT2D eigenvalue weighted by Gasteiger charge is 2.37. The molecular weight excluding hydrogens is 291 g/mol. The Balaban J connectivity index is 0.00000361. The molecule has 0 spiro atoms. The molecule has 2 N–H and O–H groups in total. The van der Waals surface area contributed by atoms with Gasteiger partial charge in [0.15, 0.2) is 0 Å². The third-order valence-corrected chi connectivity index (χ3v) is 2.91. The molecule has 0 aliphatic carbocycles. The Morgan fingerprint density at radius 1 is 1.20 bits per heavy atom. The minimum Gasteiger partial charge on any atom is -0.493 e. The molecule has 0 aliphatic rings. The largest absolute Gasteiger partial charge is 0.493 e. The summed E-state index contributed by atoms with van der Waals surface area (Å²) < 4.78 is 42.8. The predicted octanol–water partition coefficient (Wildman–Crippen LogP) is 4.49. The molecule has 0 heterocycles. The number of rotatable bonds is 6. The average molecular weight is 312 g/mol. The first-order chi connectivity index (χ1) is 8.84. The van der Waals surface area contributed by atoms with Crippen molar-refractivity contribution < 1.29 is 17.9 Å². The van der Waals surface area contributed by atoms with E-state index in [1.54, 1.807) is 0 Å². The van der Waals surface area contributed by atoms with Crippen LogP contribution in [-0.2, 0) is 0 Å². The van der Waals surface area contributed by atoms with E-state index in [-0.39, 0.29) is 18.0 Å². The van der Waals surface area contributed by atoms with Crippen molar-refractivity contribution in [3.8, 4) is 5.75 Å². The van der Waals surface area contributed by atoms with E-state index in [0.717, 1.165) is 12.8 Å². The molecule has 20 heavy (non-hydrogen) atoms. The second-order valence-electron chi connectivity index (χ2n) is 4.79. The molecule has 1 aromatic rings. The molecule has 0 saturated heterocycles. The zero-order valence-corrected chi connectivity index (χ0v) is 12.4. The van der Waals surface area contributed by atoms with Crippen LogP contribution in [0.25, 0.3) is 0 Å². The van der Waals surface area contributed by atoms with E-state index < -0.39 is 12.2 Å². The van der Waals surface area contributed by atoms with Gasteiger partial charge in [-0.05, 0) is 30.0 Å². The summed E-state index contributed by atoms with van der Waals surface area (Å²) in [6.45, 7) is 4.75. The lowest BCUT2D eigenvalue weighted by atomic mass is 10.1. The summed E-state index contributed by atoms with van der Waals surface area (Å²) >= 11 is 0. The van der Waals surface area contributed by atoms with Gasteiger partial charge in [0, 0.05) is 0 Å². The highest BCUT2D eigenvalue weighted by atomic mass is 35.5. The van der Waals surface area contributed by atoms with Crippen LogP contribution in [0.2, 0.25) is 0 Å². The molecule has 2 nitrogen and oxygen atoms in total. The van der Waals surface area contributed by atoms with E-state index in [1.807, 2.05) is 0 Å². The molecule has 1 aromatic carbocycles. The first-order valence-electron chi connectivity index (χ1n) is 6.39. The number of halogens is 4. The monoisotopic (exact) mass is 311 g/mol. The molecule has 0 bridgehead atoms. The Kier molecular flexibility index (Phi) is 7.98. The molecule has 0 fully saturated rings. The van der Waals surface area contributed by atoms with Crippen LogP contribution < -0.4 is 10.5 Å². The maximum Gasteiger partial charge on any atom is 0.407 e. The molecule has 116 valence electrons. The summed E-state index contributed by atoms with van der Waals surface area (Å²) in [7, 11) is 0. The lowest BCUT2D eigenvalue weighted by Crippen LogP contribution is -2.28. The number of nitrogens with two attached hydrogens (primary N) is 1. The molecular formula is C14H21ClF3NO. The minimum atomic E-state index is -4.42. The molecule has 0 radical (unpaired) electrons. The predicted molar refractivity (Wildman–Crippen MR) is 76.2 cm³/mol. The quantitative estimate of drug-likeness (QED) is 0.840. The van der Waals surface area contributed by atoms with Gasteiger partial charge in [-0.1, -0.05) is 32.4 Å². The maximum absolute atomic E-state index is 12.4. The zero-order chi connectivity index (χ0) is 14.5.